The second-order valence-electron chi connectivity index (χ2n) is 6.01. The molecule has 0 saturated heterocycles. The molecule has 0 bridgehead atoms. The minimum atomic E-state index is -0.345. The third kappa shape index (κ3) is 4.40. The SMILES string of the molecule is Cc1cc(C)c(NC(=O)c2cnc(Nc3cccc(C#N)c3)nc2)c(Cl)c1. The molecule has 0 radical (unpaired) electrons. The second-order valence-corrected chi connectivity index (χ2v) is 6.41. The Kier molecular flexibility index (Phi) is 5.34. The first-order valence-corrected chi connectivity index (χ1v) is 8.51. The number of nitrogens with zero attached hydrogens (tertiary/aromatic N) is 3. The summed E-state index contributed by atoms with van der Waals surface area (Å²) in [6.07, 6.45) is 2.85. The van der Waals surface area contributed by atoms with E-state index in [-0.39, 0.29) is 5.91 Å². The highest BCUT2D eigenvalue weighted by Gasteiger charge is 2.12. The van der Waals surface area contributed by atoms with Gasteiger partial charge in [-0.15, -0.1) is 0 Å². The van der Waals surface area contributed by atoms with E-state index in [1.165, 1.54) is 12.4 Å². The van der Waals surface area contributed by atoms with Crippen molar-refractivity contribution in [2.45, 2.75) is 13.8 Å². The zero-order chi connectivity index (χ0) is 19.4. The molecule has 3 rings (SSSR count). The van der Waals surface area contributed by atoms with Crippen molar-refractivity contribution in [3.05, 3.63) is 76.1 Å². The fourth-order valence-electron chi connectivity index (χ4n) is 2.57. The average molecular weight is 378 g/mol. The average Bonchev–Trinajstić information content (AvgIpc) is 2.65. The van der Waals surface area contributed by atoms with E-state index in [2.05, 4.69) is 26.7 Å². The third-order valence-electron chi connectivity index (χ3n) is 3.83. The summed E-state index contributed by atoms with van der Waals surface area (Å²) < 4.78 is 0. The normalized spacial score (nSPS) is 10.1. The van der Waals surface area contributed by atoms with Crippen LogP contribution >= 0.6 is 11.6 Å². The molecule has 134 valence electrons. The number of amides is 1. The molecule has 6 nitrogen and oxygen atoms in total. The van der Waals surface area contributed by atoms with Crippen molar-refractivity contribution in [3.63, 3.8) is 0 Å². The van der Waals surface area contributed by atoms with E-state index in [0.29, 0.717) is 33.5 Å². The fraction of sp³-hybridized carbons (Fsp3) is 0.100. The van der Waals surface area contributed by atoms with Crippen LogP contribution in [-0.2, 0) is 0 Å². The molecule has 0 atom stereocenters. The smallest absolute Gasteiger partial charge is 0.258 e. The van der Waals surface area contributed by atoms with Crippen LogP contribution in [0, 0.1) is 25.2 Å². The Hall–Kier alpha value is -3.43. The number of aryl methyl sites for hydroxylation is 2. The lowest BCUT2D eigenvalue weighted by molar-refractivity contribution is 0.102. The number of hydrogen-bond donors (Lipinski definition) is 2. The molecule has 2 N–H and O–H groups in total. The summed E-state index contributed by atoms with van der Waals surface area (Å²) in [5.74, 6) is -0.0203. The van der Waals surface area contributed by atoms with Crippen LogP contribution in [0.4, 0.5) is 17.3 Å². The highest BCUT2D eigenvalue weighted by molar-refractivity contribution is 6.34. The Morgan fingerprint density at radius 3 is 2.56 bits per heavy atom. The lowest BCUT2D eigenvalue weighted by atomic mass is 10.1. The number of aromatic nitrogens is 2. The van der Waals surface area contributed by atoms with Crippen molar-refractivity contribution in [2.75, 3.05) is 10.6 Å². The predicted octanol–water partition coefficient (Wildman–Crippen LogP) is 4.61. The van der Waals surface area contributed by atoms with Crippen molar-refractivity contribution in [2.24, 2.45) is 0 Å². The van der Waals surface area contributed by atoms with Gasteiger partial charge in [0, 0.05) is 18.1 Å². The number of benzene rings is 2. The molecule has 1 heterocycles. The Bertz CT molecular complexity index is 1020. The Balaban J connectivity index is 1.73. The molecule has 0 aliphatic carbocycles. The number of carbonyl (C=O) groups is 1. The van der Waals surface area contributed by atoms with E-state index in [9.17, 15) is 4.79 Å². The molecule has 7 heteroatoms. The molecule has 2 aromatic carbocycles. The van der Waals surface area contributed by atoms with Gasteiger partial charge >= 0.3 is 0 Å². The summed E-state index contributed by atoms with van der Waals surface area (Å²) in [5.41, 5.74) is 4.00. The van der Waals surface area contributed by atoms with Crippen LogP contribution in [0.3, 0.4) is 0 Å². The van der Waals surface area contributed by atoms with Gasteiger partial charge in [0.2, 0.25) is 5.95 Å². The molecule has 27 heavy (non-hydrogen) atoms. The zero-order valence-corrected chi connectivity index (χ0v) is 15.5. The van der Waals surface area contributed by atoms with Gasteiger partial charge < -0.3 is 10.6 Å². The van der Waals surface area contributed by atoms with Gasteiger partial charge in [0.15, 0.2) is 0 Å². The third-order valence-corrected chi connectivity index (χ3v) is 4.13. The summed E-state index contributed by atoms with van der Waals surface area (Å²) in [6.45, 7) is 3.82. The van der Waals surface area contributed by atoms with Gasteiger partial charge in [-0.05, 0) is 49.2 Å². The zero-order valence-electron chi connectivity index (χ0n) is 14.7. The van der Waals surface area contributed by atoms with Gasteiger partial charge in [0.05, 0.1) is 27.9 Å². The number of anilines is 3. The maximum absolute atomic E-state index is 12.5. The van der Waals surface area contributed by atoms with Crippen LogP contribution < -0.4 is 10.6 Å². The van der Waals surface area contributed by atoms with E-state index in [1.54, 1.807) is 30.3 Å². The molecule has 0 spiro atoms. The monoisotopic (exact) mass is 377 g/mol. The van der Waals surface area contributed by atoms with Gasteiger partial charge in [-0.1, -0.05) is 23.7 Å². The summed E-state index contributed by atoms with van der Waals surface area (Å²) in [7, 11) is 0. The quantitative estimate of drug-likeness (QED) is 0.692. The lowest BCUT2D eigenvalue weighted by Gasteiger charge is -2.11. The number of rotatable bonds is 4. The van der Waals surface area contributed by atoms with Crippen LogP contribution in [0.1, 0.15) is 27.0 Å². The molecule has 1 amide bonds. The minimum Gasteiger partial charge on any atom is -0.324 e. The largest absolute Gasteiger partial charge is 0.324 e. The first-order valence-electron chi connectivity index (χ1n) is 8.13. The summed E-state index contributed by atoms with van der Waals surface area (Å²) >= 11 is 6.23. The van der Waals surface area contributed by atoms with Crippen molar-refractivity contribution in [3.8, 4) is 6.07 Å². The highest BCUT2D eigenvalue weighted by atomic mass is 35.5. The Morgan fingerprint density at radius 2 is 1.89 bits per heavy atom. The molecule has 0 aliphatic rings. The number of nitrogens with one attached hydrogen (secondary N) is 2. The molecule has 1 aromatic heterocycles. The van der Waals surface area contributed by atoms with Crippen LogP contribution in [0.2, 0.25) is 5.02 Å². The van der Waals surface area contributed by atoms with E-state index >= 15 is 0 Å². The predicted molar refractivity (Wildman–Crippen MR) is 105 cm³/mol. The molecule has 0 saturated carbocycles. The first-order chi connectivity index (χ1) is 13.0. The van der Waals surface area contributed by atoms with Crippen molar-refractivity contribution in [1.29, 1.82) is 5.26 Å². The van der Waals surface area contributed by atoms with Crippen LogP contribution in [0.25, 0.3) is 0 Å². The summed E-state index contributed by atoms with van der Waals surface area (Å²) in [6, 6.07) is 12.8. The molecular weight excluding hydrogens is 362 g/mol. The van der Waals surface area contributed by atoms with Crippen LogP contribution in [-0.4, -0.2) is 15.9 Å². The Labute approximate surface area is 161 Å². The second kappa shape index (κ2) is 7.85. The number of carbonyl (C=O) groups excluding carboxylic acids is 1. The van der Waals surface area contributed by atoms with E-state index in [4.69, 9.17) is 16.9 Å². The maximum atomic E-state index is 12.5. The molecule has 3 aromatic rings. The van der Waals surface area contributed by atoms with Crippen LogP contribution in [0.5, 0.6) is 0 Å². The van der Waals surface area contributed by atoms with Crippen molar-refractivity contribution in [1.82, 2.24) is 9.97 Å². The lowest BCUT2D eigenvalue weighted by Crippen LogP contribution is -2.14. The molecule has 0 fully saturated rings. The topological polar surface area (TPSA) is 90.7 Å². The van der Waals surface area contributed by atoms with Crippen molar-refractivity contribution < 1.29 is 4.79 Å². The summed E-state index contributed by atoms with van der Waals surface area (Å²) in [4.78, 5) is 20.8. The minimum absolute atomic E-state index is 0.308. The molecule has 0 unspecified atom stereocenters. The van der Waals surface area contributed by atoms with E-state index in [0.717, 1.165) is 11.1 Å². The Morgan fingerprint density at radius 1 is 1.15 bits per heavy atom. The van der Waals surface area contributed by atoms with Gasteiger partial charge in [-0.25, -0.2) is 9.97 Å². The van der Waals surface area contributed by atoms with Gasteiger partial charge in [-0.2, -0.15) is 5.26 Å². The number of halogens is 1. The maximum Gasteiger partial charge on any atom is 0.258 e. The number of hydrogen-bond acceptors (Lipinski definition) is 5. The first kappa shape index (κ1) is 18.4. The number of nitriles is 1. The standard InChI is InChI=1S/C20H16ClN5O/c1-12-6-13(2)18(17(21)7-12)26-19(27)15-10-23-20(24-11-15)25-16-5-3-4-14(8-16)9-22/h3-8,10-11H,1-2H3,(H,26,27)(H,23,24,25). The van der Waals surface area contributed by atoms with E-state index in [1.807, 2.05) is 19.9 Å². The van der Waals surface area contributed by atoms with E-state index < -0.39 is 0 Å². The van der Waals surface area contributed by atoms with Crippen LogP contribution in [0.15, 0.2) is 48.8 Å². The van der Waals surface area contributed by atoms with Gasteiger partial charge in [0.1, 0.15) is 0 Å². The van der Waals surface area contributed by atoms with Gasteiger partial charge in [-0.3, -0.25) is 4.79 Å². The fourth-order valence-corrected chi connectivity index (χ4v) is 2.93. The van der Waals surface area contributed by atoms with Crippen molar-refractivity contribution >= 4 is 34.8 Å². The molecule has 0 aliphatic heterocycles. The molecular formula is C20H16ClN5O. The van der Waals surface area contributed by atoms with Gasteiger partial charge in [0.25, 0.3) is 5.91 Å². The summed E-state index contributed by atoms with van der Waals surface area (Å²) in [5, 5.41) is 15.2. The highest BCUT2D eigenvalue weighted by Crippen LogP contribution is 2.27.